The van der Waals surface area contributed by atoms with Crippen molar-refractivity contribution in [3.05, 3.63) is 83.8 Å². The number of nitrogens with one attached hydrogen (secondary N) is 1. The normalized spacial score (nSPS) is 11.9. The monoisotopic (exact) mass is 319 g/mol. The number of carbonyl (C=O) groups is 1. The Balaban J connectivity index is 1.82. The van der Waals surface area contributed by atoms with E-state index >= 15 is 0 Å². The topological polar surface area (TPSA) is 46.9 Å². The first-order valence-corrected chi connectivity index (χ1v) is 8.04. The Morgan fingerprint density at radius 1 is 1.12 bits per heavy atom. The number of nitrogens with zero attached hydrogens (tertiary/aromatic N) is 2. The molecule has 0 aliphatic rings. The second-order valence-corrected chi connectivity index (χ2v) is 5.97. The summed E-state index contributed by atoms with van der Waals surface area (Å²) in [5, 5.41) is 2.90. The fraction of sp³-hybridized carbons (Fsp3) is 0.200. The van der Waals surface area contributed by atoms with Crippen LogP contribution >= 0.6 is 0 Å². The summed E-state index contributed by atoms with van der Waals surface area (Å²) in [6.45, 7) is 4.05. The predicted octanol–water partition coefficient (Wildman–Crippen LogP) is 4.12. The lowest BCUT2D eigenvalue weighted by atomic mass is 9.98. The zero-order valence-corrected chi connectivity index (χ0v) is 13.9. The number of hydrogen-bond acceptors (Lipinski definition) is 2. The third-order valence-electron chi connectivity index (χ3n) is 4.10. The lowest BCUT2D eigenvalue weighted by Crippen LogP contribution is -2.20. The molecule has 0 radical (unpaired) electrons. The van der Waals surface area contributed by atoms with Gasteiger partial charge < -0.3 is 9.88 Å². The van der Waals surface area contributed by atoms with E-state index in [0.717, 1.165) is 11.1 Å². The molecule has 4 heteroatoms. The first-order chi connectivity index (χ1) is 11.6. The minimum absolute atomic E-state index is 0.0361. The van der Waals surface area contributed by atoms with Gasteiger partial charge in [0.2, 0.25) is 5.91 Å². The number of rotatable bonds is 5. The lowest BCUT2D eigenvalue weighted by molar-refractivity contribution is -0.116. The summed E-state index contributed by atoms with van der Waals surface area (Å²) in [4.78, 5) is 16.8. The fourth-order valence-electron chi connectivity index (χ4n) is 2.87. The first kappa shape index (κ1) is 16.0. The Hall–Kier alpha value is -2.88. The summed E-state index contributed by atoms with van der Waals surface area (Å²) >= 11 is 0. The predicted molar refractivity (Wildman–Crippen MR) is 96.0 cm³/mol. The standard InChI is InChI=1S/C20H21N3O/c1-15-9-10-21-19(13-15)22-20(24)14-18(23-11-5-6-12-23)17-8-4-3-7-16(17)2/h3-13,18H,14H2,1-2H3,(H,21,22,24)/t18-/m0/s1. The van der Waals surface area contributed by atoms with Crippen molar-refractivity contribution in [2.75, 3.05) is 5.32 Å². The van der Waals surface area contributed by atoms with Crippen molar-refractivity contribution in [2.24, 2.45) is 0 Å². The van der Waals surface area contributed by atoms with Crippen LogP contribution in [-0.2, 0) is 4.79 Å². The van der Waals surface area contributed by atoms with Crippen molar-refractivity contribution in [1.29, 1.82) is 0 Å². The number of pyridine rings is 1. The second kappa shape index (κ2) is 7.13. The maximum absolute atomic E-state index is 12.5. The van der Waals surface area contributed by atoms with Gasteiger partial charge in [-0.2, -0.15) is 0 Å². The van der Waals surface area contributed by atoms with E-state index in [9.17, 15) is 4.79 Å². The molecule has 0 aliphatic heterocycles. The lowest BCUT2D eigenvalue weighted by Gasteiger charge is -2.21. The molecule has 2 aromatic heterocycles. The molecule has 1 N–H and O–H groups in total. The van der Waals surface area contributed by atoms with Crippen molar-refractivity contribution < 1.29 is 4.79 Å². The molecule has 0 unspecified atom stereocenters. The largest absolute Gasteiger partial charge is 0.346 e. The molecular formula is C20H21N3O. The number of amides is 1. The molecule has 0 fully saturated rings. The molecular weight excluding hydrogens is 298 g/mol. The van der Waals surface area contributed by atoms with Crippen LogP contribution in [0.3, 0.4) is 0 Å². The number of aryl methyl sites for hydroxylation is 2. The Bertz CT molecular complexity index is 824. The van der Waals surface area contributed by atoms with E-state index in [1.165, 1.54) is 5.56 Å². The molecule has 0 spiro atoms. The highest BCUT2D eigenvalue weighted by molar-refractivity contribution is 5.90. The van der Waals surface area contributed by atoms with Crippen LogP contribution in [-0.4, -0.2) is 15.5 Å². The van der Waals surface area contributed by atoms with Gasteiger partial charge in [0.15, 0.2) is 0 Å². The molecule has 3 aromatic rings. The molecule has 0 aliphatic carbocycles. The molecule has 3 rings (SSSR count). The SMILES string of the molecule is Cc1ccnc(NC(=O)C[C@@H](c2ccccc2C)n2cccc2)c1. The zero-order valence-electron chi connectivity index (χ0n) is 13.9. The van der Waals surface area contributed by atoms with E-state index in [4.69, 9.17) is 0 Å². The average molecular weight is 319 g/mol. The van der Waals surface area contributed by atoms with Gasteiger partial charge in [-0.15, -0.1) is 0 Å². The number of anilines is 1. The van der Waals surface area contributed by atoms with Gasteiger partial charge in [-0.25, -0.2) is 4.98 Å². The molecule has 0 saturated carbocycles. The van der Waals surface area contributed by atoms with Gasteiger partial charge in [0.25, 0.3) is 0 Å². The summed E-state index contributed by atoms with van der Waals surface area (Å²) in [5.74, 6) is 0.547. The molecule has 0 bridgehead atoms. The maximum Gasteiger partial charge on any atom is 0.227 e. The number of aromatic nitrogens is 2. The summed E-state index contributed by atoms with van der Waals surface area (Å²) in [6.07, 6.45) is 6.05. The van der Waals surface area contributed by atoms with Crippen LogP contribution in [0.25, 0.3) is 0 Å². The van der Waals surface area contributed by atoms with Gasteiger partial charge in [-0.3, -0.25) is 4.79 Å². The number of benzene rings is 1. The van der Waals surface area contributed by atoms with E-state index in [0.29, 0.717) is 12.2 Å². The van der Waals surface area contributed by atoms with E-state index in [1.807, 2.05) is 55.7 Å². The van der Waals surface area contributed by atoms with Crippen molar-refractivity contribution in [3.8, 4) is 0 Å². The quantitative estimate of drug-likeness (QED) is 0.769. The Labute approximate surface area is 142 Å². The van der Waals surface area contributed by atoms with Crippen molar-refractivity contribution in [1.82, 2.24) is 9.55 Å². The van der Waals surface area contributed by atoms with Crippen molar-refractivity contribution >= 4 is 11.7 Å². The Kier molecular flexibility index (Phi) is 4.75. The second-order valence-electron chi connectivity index (χ2n) is 5.97. The highest BCUT2D eigenvalue weighted by Gasteiger charge is 2.19. The summed E-state index contributed by atoms with van der Waals surface area (Å²) in [5.41, 5.74) is 3.40. The maximum atomic E-state index is 12.5. The smallest absolute Gasteiger partial charge is 0.227 e. The summed E-state index contributed by atoms with van der Waals surface area (Å²) < 4.78 is 2.07. The van der Waals surface area contributed by atoms with Crippen LogP contribution < -0.4 is 5.32 Å². The highest BCUT2D eigenvalue weighted by Crippen LogP contribution is 2.25. The molecule has 122 valence electrons. The first-order valence-electron chi connectivity index (χ1n) is 8.04. The van der Waals surface area contributed by atoms with Gasteiger partial charge in [0, 0.05) is 18.6 Å². The average Bonchev–Trinajstić information content (AvgIpc) is 3.07. The van der Waals surface area contributed by atoms with E-state index in [2.05, 4.69) is 33.9 Å². The molecule has 1 amide bonds. The van der Waals surface area contributed by atoms with Crippen LogP contribution in [0.2, 0.25) is 0 Å². The fourth-order valence-corrected chi connectivity index (χ4v) is 2.87. The van der Waals surface area contributed by atoms with Crippen molar-refractivity contribution in [2.45, 2.75) is 26.3 Å². The molecule has 0 saturated heterocycles. The van der Waals surface area contributed by atoms with Crippen LogP contribution in [0.15, 0.2) is 67.1 Å². The zero-order chi connectivity index (χ0) is 16.9. The molecule has 24 heavy (non-hydrogen) atoms. The van der Waals surface area contributed by atoms with Crippen LogP contribution in [0.4, 0.5) is 5.82 Å². The van der Waals surface area contributed by atoms with Crippen molar-refractivity contribution in [3.63, 3.8) is 0 Å². The van der Waals surface area contributed by atoms with Gasteiger partial charge in [0.05, 0.1) is 12.5 Å². The van der Waals surface area contributed by atoms with E-state index < -0.39 is 0 Å². The van der Waals surface area contributed by atoms with Gasteiger partial charge in [-0.05, 0) is 54.8 Å². The van der Waals surface area contributed by atoms with E-state index in [1.54, 1.807) is 6.20 Å². The third kappa shape index (κ3) is 3.71. The van der Waals surface area contributed by atoms with Gasteiger partial charge >= 0.3 is 0 Å². The minimum Gasteiger partial charge on any atom is -0.346 e. The van der Waals surface area contributed by atoms with Crippen LogP contribution in [0.1, 0.15) is 29.2 Å². The minimum atomic E-state index is -0.0462. The molecule has 1 atom stereocenters. The summed E-state index contributed by atoms with van der Waals surface area (Å²) in [6, 6.07) is 15.9. The van der Waals surface area contributed by atoms with E-state index in [-0.39, 0.29) is 11.9 Å². The molecule has 4 nitrogen and oxygen atoms in total. The third-order valence-corrected chi connectivity index (χ3v) is 4.10. The number of carbonyl (C=O) groups excluding carboxylic acids is 1. The molecule has 2 heterocycles. The molecule has 1 aromatic carbocycles. The van der Waals surface area contributed by atoms with Gasteiger partial charge in [-0.1, -0.05) is 24.3 Å². The van der Waals surface area contributed by atoms with Crippen LogP contribution in [0.5, 0.6) is 0 Å². The Morgan fingerprint density at radius 2 is 1.88 bits per heavy atom. The highest BCUT2D eigenvalue weighted by atomic mass is 16.1. The van der Waals surface area contributed by atoms with Gasteiger partial charge in [0.1, 0.15) is 5.82 Å². The number of hydrogen-bond donors (Lipinski definition) is 1. The Morgan fingerprint density at radius 3 is 2.58 bits per heavy atom. The summed E-state index contributed by atoms with van der Waals surface area (Å²) in [7, 11) is 0. The van der Waals surface area contributed by atoms with Crippen LogP contribution in [0, 0.1) is 13.8 Å².